The number of aryl methyl sites for hydroxylation is 1. The van der Waals surface area contributed by atoms with Crippen LogP contribution in [0.25, 0.3) is 0 Å². The van der Waals surface area contributed by atoms with Crippen molar-refractivity contribution in [2.75, 3.05) is 0 Å². The van der Waals surface area contributed by atoms with Gasteiger partial charge in [0.25, 0.3) is 0 Å². The monoisotopic (exact) mass is 252 g/mol. The molecule has 0 amide bonds. The molecule has 0 bridgehead atoms. The second-order valence-corrected chi connectivity index (χ2v) is 3.77. The summed E-state index contributed by atoms with van der Waals surface area (Å²) < 4.78 is 4.73. The maximum absolute atomic E-state index is 11.2. The molecule has 18 heavy (non-hydrogen) atoms. The van der Waals surface area contributed by atoms with Crippen molar-refractivity contribution in [1.29, 1.82) is 0 Å². The molecule has 0 aromatic heterocycles. The van der Waals surface area contributed by atoms with Crippen molar-refractivity contribution in [2.45, 2.75) is 20.8 Å². The van der Waals surface area contributed by atoms with Crippen LogP contribution in [-0.4, -0.2) is 28.1 Å². The lowest BCUT2D eigenvalue weighted by molar-refractivity contribution is -0.131. The molecule has 0 atom stereocenters. The van der Waals surface area contributed by atoms with Crippen molar-refractivity contribution >= 4 is 17.9 Å². The van der Waals surface area contributed by atoms with Gasteiger partial charge in [0.2, 0.25) is 0 Å². The van der Waals surface area contributed by atoms with E-state index in [0.29, 0.717) is 11.1 Å². The highest BCUT2D eigenvalue weighted by molar-refractivity contribution is 6.01. The van der Waals surface area contributed by atoms with Crippen LogP contribution in [0, 0.1) is 13.8 Å². The van der Waals surface area contributed by atoms with E-state index >= 15 is 0 Å². The first-order chi connectivity index (χ1) is 8.25. The van der Waals surface area contributed by atoms with Crippen LogP contribution in [0.4, 0.5) is 0 Å². The zero-order valence-corrected chi connectivity index (χ0v) is 10.1. The lowest BCUT2D eigenvalue weighted by atomic mass is 9.98. The van der Waals surface area contributed by atoms with Crippen molar-refractivity contribution in [3.05, 3.63) is 28.3 Å². The Morgan fingerprint density at radius 1 is 1.11 bits per heavy atom. The van der Waals surface area contributed by atoms with E-state index in [1.165, 1.54) is 13.0 Å². The number of ether oxygens (including phenoxy) is 1. The Hall–Kier alpha value is -2.37. The highest BCUT2D eigenvalue weighted by atomic mass is 16.5. The zero-order valence-electron chi connectivity index (χ0n) is 10.1. The number of aromatic carboxylic acids is 2. The minimum Gasteiger partial charge on any atom is -0.478 e. The van der Waals surface area contributed by atoms with Gasteiger partial charge >= 0.3 is 17.9 Å². The number of benzene rings is 1. The topological polar surface area (TPSA) is 101 Å². The summed E-state index contributed by atoms with van der Waals surface area (Å²) >= 11 is 0. The second kappa shape index (κ2) is 4.87. The average Bonchev–Trinajstić information content (AvgIpc) is 2.21. The first kappa shape index (κ1) is 13.7. The molecule has 0 heterocycles. The Labute approximate surface area is 103 Å². The van der Waals surface area contributed by atoms with Gasteiger partial charge in [-0.15, -0.1) is 0 Å². The maximum atomic E-state index is 11.2. The molecule has 0 saturated heterocycles. The van der Waals surface area contributed by atoms with E-state index in [4.69, 9.17) is 14.9 Å². The van der Waals surface area contributed by atoms with Crippen LogP contribution in [0.15, 0.2) is 6.07 Å². The molecule has 1 aromatic rings. The third-order valence-corrected chi connectivity index (χ3v) is 2.49. The molecular weight excluding hydrogens is 240 g/mol. The van der Waals surface area contributed by atoms with Crippen LogP contribution in [0.5, 0.6) is 5.75 Å². The van der Waals surface area contributed by atoms with E-state index in [-0.39, 0.29) is 11.1 Å². The van der Waals surface area contributed by atoms with Gasteiger partial charge in [0.05, 0.1) is 0 Å². The largest absolute Gasteiger partial charge is 0.478 e. The molecule has 6 heteroatoms. The molecule has 0 radical (unpaired) electrons. The molecule has 96 valence electrons. The minimum absolute atomic E-state index is 0.303. The number of hydrogen-bond acceptors (Lipinski definition) is 4. The molecule has 6 nitrogen and oxygen atoms in total. The first-order valence-electron chi connectivity index (χ1n) is 5.05. The molecule has 0 saturated carbocycles. The molecule has 0 aliphatic heterocycles. The van der Waals surface area contributed by atoms with Crippen molar-refractivity contribution in [1.82, 2.24) is 0 Å². The van der Waals surface area contributed by atoms with E-state index in [2.05, 4.69) is 0 Å². The van der Waals surface area contributed by atoms with Crippen LogP contribution in [0.3, 0.4) is 0 Å². The van der Waals surface area contributed by atoms with Gasteiger partial charge in [-0.3, -0.25) is 4.79 Å². The highest BCUT2D eigenvalue weighted by Gasteiger charge is 2.25. The third kappa shape index (κ3) is 2.48. The number of carboxylic acid groups (broad SMARTS) is 2. The molecule has 1 aromatic carbocycles. The molecule has 0 aliphatic carbocycles. The van der Waals surface area contributed by atoms with Gasteiger partial charge in [0, 0.05) is 6.92 Å². The van der Waals surface area contributed by atoms with Gasteiger partial charge in [-0.05, 0) is 31.0 Å². The zero-order chi connectivity index (χ0) is 14.0. The number of carbonyl (C=O) groups excluding carboxylic acids is 1. The average molecular weight is 252 g/mol. The second-order valence-electron chi connectivity index (χ2n) is 3.77. The SMILES string of the molecule is CC(=O)Oc1c(C(=O)O)cc(C)c(C)c1C(=O)O. The Morgan fingerprint density at radius 3 is 2.06 bits per heavy atom. The number of carboxylic acids is 2. The van der Waals surface area contributed by atoms with E-state index < -0.39 is 23.7 Å². The van der Waals surface area contributed by atoms with Crippen LogP contribution in [0.2, 0.25) is 0 Å². The van der Waals surface area contributed by atoms with Gasteiger partial charge < -0.3 is 14.9 Å². The summed E-state index contributed by atoms with van der Waals surface area (Å²) in [5.41, 5.74) is 0.220. The lowest BCUT2D eigenvalue weighted by Crippen LogP contribution is -2.14. The molecule has 2 N–H and O–H groups in total. The standard InChI is InChI=1S/C12H12O6/c1-5-4-8(11(14)15)10(18-7(3)13)9(6(5)2)12(16)17/h4H,1-3H3,(H,14,15)(H,16,17). The molecular formula is C12H12O6. The quantitative estimate of drug-likeness (QED) is 0.626. The van der Waals surface area contributed by atoms with Gasteiger partial charge in [-0.2, -0.15) is 0 Å². The highest BCUT2D eigenvalue weighted by Crippen LogP contribution is 2.30. The number of esters is 1. The summed E-state index contributed by atoms with van der Waals surface area (Å²) in [5, 5.41) is 18.1. The Morgan fingerprint density at radius 2 is 1.67 bits per heavy atom. The predicted molar refractivity (Wildman–Crippen MR) is 61.1 cm³/mol. The smallest absolute Gasteiger partial charge is 0.339 e. The van der Waals surface area contributed by atoms with Crippen LogP contribution < -0.4 is 4.74 Å². The summed E-state index contributed by atoms with van der Waals surface area (Å²) in [4.78, 5) is 33.2. The van der Waals surface area contributed by atoms with Crippen molar-refractivity contribution in [3.63, 3.8) is 0 Å². The van der Waals surface area contributed by atoms with E-state index in [1.807, 2.05) is 0 Å². The summed E-state index contributed by atoms with van der Waals surface area (Å²) in [7, 11) is 0. The van der Waals surface area contributed by atoms with Crippen LogP contribution in [0.1, 0.15) is 38.8 Å². The normalized spacial score (nSPS) is 9.94. The van der Waals surface area contributed by atoms with Gasteiger partial charge in [0.1, 0.15) is 11.1 Å². The lowest BCUT2D eigenvalue weighted by Gasteiger charge is -2.13. The summed E-state index contributed by atoms with van der Waals surface area (Å²) in [6, 6.07) is 1.28. The van der Waals surface area contributed by atoms with E-state index in [9.17, 15) is 14.4 Å². The van der Waals surface area contributed by atoms with Crippen molar-refractivity contribution < 1.29 is 29.3 Å². The first-order valence-corrected chi connectivity index (χ1v) is 5.05. The Kier molecular flexibility index (Phi) is 3.70. The van der Waals surface area contributed by atoms with Crippen molar-refractivity contribution in [2.24, 2.45) is 0 Å². The van der Waals surface area contributed by atoms with Gasteiger partial charge in [-0.1, -0.05) is 0 Å². The summed E-state index contributed by atoms with van der Waals surface area (Å²) in [6.07, 6.45) is 0. The van der Waals surface area contributed by atoms with Crippen LogP contribution >= 0.6 is 0 Å². The summed E-state index contributed by atoms with van der Waals surface area (Å²) in [5.74, 6) is -3.89. The van der Waals surface area contributed by atoms with Crippen molar-refractivity contribution in [3.8, 4) is 5.75 Å². The molecule has 1 rings (SSSR count). The Bertz CT molecular complexity index is 544. The van der Waals surface area contributed by atoms with Gasteiger partial charge in [-0.25, -0.2) is 9.59 Å². The minimum atomic E-state index is -1.35. The third-order valence-electron chi connectivity index (χ3n) is 2.49. The Balaban J connectivity index is 3.68. The molecule has 0 unspecified atom stereocenters. The molecule has 0 fully saturated rings. The molecule has 0 spiro atoms. The number of carbonyl (C=O) groups is 3. The fourth-order valence-corrected chi connectivity index (χ4v) is 1.56. The van der Waals surface area contributed by atoms with E-state index in [1.54, 1.807) is 6.92 Å². The predicted octanol–water partition coefficient (Wildman–Crippen LogP) is 1.63. The fourth-order valence-electron chi connectivity index (χ4n) is 1.56. The van der Waals surface area contributed by atoms with Gasteiger partial charge in [0.15, 0.2) is 5.75 Å². The number of rotatable bonds is 3. The molecule has 0 aliphatic rings. The maximum Gasteiger partial charge on any atom is 0.339 e. The summed E-state index contributed by atoms with van der Waals surface area (Å²) in [6.45, 7) is 4.19. The van der Waals surface area contributed by atoms with E-state index in [0.717, 1.165) is 6.92 Å². The van der Waals surface area contributed by atoms with Crippen LogP contribution in [-0.2, 0) is 4.79 Å². The fraction of sp³-hybridized carbons (Fsp3) is 0.250. The number of hydrogen-bond donors (Lipinski definition) is 2.